The Morgan fingerprint density at radius 1 is 1.00 bits per heavy atom. The minimum Gasteiger partial charge on any atom is -0.456 e. The molecule has 3 saturated heterocycles. The van der Waals surface area contributed by atoms with Gasteiger partial charge in [-0.15, -0.1) is 0 Å². The van der Waals surface area contributed by atoms with E-state index < -0.39 is 41.6 Å². The molecule has 3 aliphatic rings. The number of rotatable bonds is 9. The molecule has 5 rings (SSSR count). The van der Waals surface area contributed by atoms with Gasteiger partial charge in [0.05, 0.1) is 6.04 Å². The third-order valence-corrected chi connectivity index (χ3v) is 7.78. The van der Waals surface area contributed by atoms with Gasteiger partial charge in [-0.2, -0.15) is 5.06 Å². The molecule has 242 valence electrons. The van der Waals surface area contributed by atoms with Gasteiger partial charge in [-0.3, -0.25) is 30.2 Å². The van der Waals surface area contributed by atoms with Crippen molar-refractivity contribution < 1.29 is 38.3 Å². The van der Waals surface area contributed by atoms with Crippen LogP contribution in [0.2, 0.25) is 0 Å². The van der Waals surface area contributed by atoms with E-state index in [2.05, 4.69) is 15.8 Å². The zero-order valence-electron chi connectivity index (χ0n) is 25.6. The Morgan fingerprint density at radius 3 is 2.53 bits per heavy atom. The van der Waals surface area contributed by atoms with Gasteiger partial charge in [-0.1, -0.05) is 30.3 Å². The summed E-state index contributed by atoms with van der Waals surface area (Å²) in [5.41, 5.74) is 5.04. The van der Waals surface area contributed by atoms with Crippen LogP contribution < -0.4 is 10.9 Å². The lowest BCUT2D eigenvalue weighted by molar-refractivity contribution is -0.150. The largest absolute Gasteiger partial charge is 0.456 e. The van der Waals surface area contributed by atoms with Gasteiger partial charge in [0.15, 0.2) is 0 Å². The van der Waals surface area contributed by atoms with Crippen molar-refractivity contribution in [2.45, 2.75) is 89.9 Å². The predicted octanol–water partition coefficient (Wildman–Crippen LogP) is 1.87. The molecule has 15 nitrogen and oxygen atoms in total. The summed E-state index contributed by atoms with van der Waals surface area (Å²) in [6.07, 6.45) is 4.54. The molecule has 2 N–H and O–H groups in total. The molecule has 1 aromatic carbocycles. The number of nitrogens with one attached hydrogen (secondary N) is 2. The zero-order valence-corrected chi connectivity index (χ0v) is 25.6. The quantitative estimate of drug-likeness (QED) is 0.313. The number of urea groups is 1. The first-order valence-corrected chi connectivity index (χ1v) is 15.0. The Kier molecular flexibility index (Phi) is 9.56. The normalized spacial score (nSPS) is 21.1. The van der Waals surface area contributed by atoms with Gasteiger partial charge < -0.3 is 18.9 Å². The number of esters is 1. The van der Waals surface area contributed by atoms with Crippen molar-refractivity contribution in [2.75, 3.05) is 13.1 Å². The number of amides is 5. The number of benzene rings is 1. The SMILES string of the molecule is CC(C)(C)OC(=O)N1CCC[C@H]1C(=O)OCc1nccn1CC(=O)NNC(=O)[C@@H]1CC[C@@H]2CN1C(=O)N2OCc1ccccc1. The second kappa shape index (κ2) is 13.5. The van der Waals surface area contributed by atoms with Crippen molar-refractivity contribution >= 4 is 29.9 Å². The van der Waals surface area contributed by atoms with E-state index in [1.165, 1.54) is 25.6 Å². The van der Waals surface area contributed by atoms with Crippen molar-refractivity contribution in [3.63, 3.8) is 0 Å². The molecular weight excluding hydrogens is 586 g/mol. The third kappa shape index (κ3) is 7.71. The number of fused-ring (bicyclic) bond motifs is 2. The topological polar surface area (TPSA) is 165 Å². The molecule has 1 aromatic heterocycles. The van der Waals surface area contributed by atoms with E-state index in [0.717, 1.165) is 5.56 Å². The van der Waals surface area contributed by atoms with Crippen molar-refractivity contribution in [3.8, 4) is 0 Å². The maximum atomic E-state index is 13.0. The molecule has 45 heavy (non-hydrogen) atoms. The molecule has 0 spiro atoms. The van der Waals surface area contributed by atoms with E-state index in [1.54, 1.807) is 27.0 Å². The molecule has 0 unspecified atom stereocenters. The number of hydrogen-bond acceptors (Lipinski definition) is 9. The van der Waals surface area contributed by atoms with Crippen molar-refractivity contribution in [1.82, 2.24) is 35.3 Å². The summed E-state index contributed by atoms with van der Waals surface area (Å²) in [6, 6.07) is 7.45. The first-order valence-electron chi connectivity index (χ1n) is 15.0. The maximum absolute atomic E-state index is 13.0. The molecule has 3 atom stereocenters. The van der Waals surface area contributed by atoms with Crippen molar-refractivity contribution in [1.29, 1.82) is 0 Å². The van der Waals surface area contributed by atoms with Gasteiger partial charge in [0.25, 0.3) is 11.8 Å². The van der Waals surface area contributed by atoms with Crippen LogP contribution >= 0.6 is 0 Å². The lowest BCUT2D eigenvalue weighted by atomic mass is 10.0. The smallest absolute Gasteiger partial charge is 0.411 e. The highest BCUT2D eigenvalue weighted by Crippen LogP contribution is 2.30. The van der Waals surface area contributed by atoms with Crippen LogP contribution in [0.3, 0.4) is 0 Å². The number of hydrogen-bond donors (Lipinski definition) is 2. The van der Waals surface area contributed by atoms with E-state index >= 15 is 0 Å². The number of carbonyl (C=O) groups excluding carboxylic acids is 5. The Balaban J connectivity index is 1.07. The summed E-state index contributed by atoms with van der Waals surface area (Å²) >= 11 is 0. The number of carbonyl (C=O) groups is 5. The highest BCUT2D eigenvalue weighted by Gasteiger charge is 2.48. The molecule has 2 bridgehead atoms. The minimum absolute atomic E-state index is 0.150. The number of hydrazine groups is 1. The fourth-order valence-corrected chi connectivity index (χ4v) is 5.60. The van der Waals surface area contributed by atoms with E-state index in [-0.39, 0.29) is 31.8 Å². The first kappa shape index (κ1) is 31.8. The lowest BCUT2D eigenvalue weighted by Gasteiger charge is -2.29. The number of imidazole rings is 1. The summed E-state index contributed by atoms with van der Waals surface area (Å²) in [5.74, 6) is -1.33. The summed E-state index contributed by atoms with van der Waals surface area (Å²) in [7, 11) is 0. The van der Waals surface area contributed by atoms with Gasteiger partial charge in [0.2, 0.25) is 0 Å². The average Bonchev–Trinajstić information content (AvgIpc) is 3.73. The molecule has 0 radical (unpaired) electrons. The number of aromatic nitrogens is 2. The van der Waals surface area contributed by atoms with Crippen LogP contribution in [0.5, 0.6) is 0 Å². The van der Waals surface area contributed by atoms with Crippen LogP contribution in [-0.4, -0.2) is 91.1 Å². The van der Waals surface area contributed by atoms with Gasteiger partial charge in [0, 0.05) is 25.5 Å². The zero-order chi connectivity index (χ0) is 32.1. The highest BCUT2D eigenvalue weighted by molar-refractivity contribution is 5.90. The van der Waals surface area contributed by atoms with E-state index in [9.17, 15) is 24.0 Å². The molecule has 3 aliphatic heterocycles. The average molecular weight is 626 g/mol. The Labute approximate surface area is 260 Å². The van der Waals surface area contributed by atoms with Crippen molar-refractivity contribution in [3.05, 3.63) is 54.1 Å². The van der Waals surface area contributed by atoms with E-state index in [0.29, 0.717) is 44.6 Å². The van der Waals surface area contributed by atoms with Crippen LogP contribution in [0.25, 0.3) is 0 Å². The Bertz CT molecular complexity index is 1410. The lowest BCUT2D eigenvalue weighted by Crippen LogP contribution is -2.54. The van der Waals surface area contributed by atoms with Gasteiger partial charge in [-0.25, -0.2) is 19.4 Å². The molecule has 15 heteroatoms. The summed E-state index contributed by atoms with van der Waals surface area (Å²) in [5, 5.41) is 1.34. The van der Waals surface area contributed by atoms with E-state index in [4.69, 9.17) is 14.3 Å². The molecular formula is C30H39N7O8. The minimum atomic E-state index is -0.762. The Hall–Kier alpha value is -4.66. The maximum Gasteiger partial charge on any atom is 0.411 e. The Morgan fingerprint density at radius 2 is 1.78 bits per heavy atom. The fraction of sp³-hybridized carbons (Fsp3) is 0.533. The molecule has 0 aliphatic carbocycles. The van der Waals surface area contributed by atoms with E-state index in [1.807, 2.05) is 30.3 Å². The number of hydroxylamine groups is 2. The molecule has 3 fully saturated rings. The number of nitrogens with zero attached hydrogens (tertiary/aromatic N) is 5. The van der Waals surface area contributed by atoms with Crippen LogP contribution in [0, 0.1) is 0 Å². The fourth-order valence-electron chi connectivity index (χ4n) is 5.60. The molecule has 5 amide bonds. The monoisotopic (exact) mass is 625 g/mol. The standard InChI is InChI=1S/C30H39N7O8/c1-30(2,3)45-29(42)35-14-7-10-23(35)27(40)43-19-24-31-13-15-34(24)17-25(38)32-33-26(39)22-12-11-21-16-36(22)28(41)37(21)44-18-20-8-5-4-6-9-20/h4-6,8-9,13,15,21-23H,7,10-12,14,16-19H2,1-3H3,(H,32,38)(H,33,39)/t21-,22+,23+/m1/s1. The van der Waals surface area contributed by atoms with Crippen LogP contribution in [0.15, 0.2) is 42.7 Å². The second-order valence-corrected chi connectivity index (χ2v) is 12.2. The third-order valence-electron chi connectivity index (χ3n) is 7.78. The predicted molar refractivity (Wildman–Crippen MR) is 156 cm³/mol. The molecule has 0 saturated carbocycles. The van der Waals surface area contributed by atoms with Gasteiger partial charge in [0.1, 0.15) is 43.3 Å². The van der Waals surface area contributed by atoms with Crippen LogP contribution in [-0.2, 0) is 48.5 Å². The highest BCUT2D eigenvalue weighted by atomic mass is 16.7. The van der Waals surface area contributed by atoms with Crippen LogP contribution in [0.4, 0.5) is 9.59 Å². The first-order chi connectivity index (χ1) is 21.5. The number of ether oxygens (including phenoxy) is 2. The molecule has 4 heterocycles. The summed E-state index contributed by atoms with van der Waals surface area (Å²) < 4.78 is 12.3. The molecule has 2 aromatic rings. The second-order valence-electron chi connectivity index (χ2n) is 12.2. The van der Waals surface area contributed by atoms with Crippen LogP contribution in [0.1, 0.15) is 57.8 Å². The van der Waals surface area contributed by atoms with Gasteiger partial charge >= 0.3 is 18.1 Å². The summed E-state index contributed by atoms with van der Waals surface area (Å²) in [6.45, 7) is 5.83. The number of piperidine rings is 1. The summed E-state index contributed by atoms with van der Waals surface area (Å²) in [4.78, 5) is 76.7. The number of likely N-dealkylation sites (tertiary alicyclic amines) is 1. The van der Waals surface area contributed by atoms with Gasteiger partial charge in [-0.05, 0) is 52.0 Å². The van der Waals surface area contributed by atoms with Crippen molar-refractivity contribution in [2.24, 2.45) is 0 Å².